The summed E-state index contributed by atoms with van der Waals surface area (Å²) in [6.07, 6.45) is 13.9. The SMILES string of the molecule is c1ccc([Si](c2ccccc2)(c2ccccc2)c2ccc3c4ccccc4n(-c4nc(-c5c(C6C7CC8CC(C7)CC6C8)cccc5C5C6CC7CC(C6)CC5C7)nc(-n5c6ccccc6c6ccccc65)n4)c3c2)cc1. The average molecular weight is 1010 g/mol. The van der Waals surface area contributed by atoms with Crippen molar-refractivity contribution in [2.45, 2.75) is 76.0 Å². The first-order chi connectivity index (χ1) is 38.1. The number of fused-ring (bicyclic) bond motifs is 6. The molecule has 6 heteroatoms. The van der Waals surface area contributed by atoms with Crippen LogP contribution in [0, 0.1) is 47.3 Å². The summed E-state index contributed by atoms with van der Waals surface area (Å²) < 4.78 is 4.77. The van der Waals surface area contributed by atoms with Crippen LogP contribution >= 0.6 is 0 Å². The number of hydrogen-bond donors (Lipinski definition) is 0. The van der Waals surface area contributed by atoms with Gasteiger partial charge in [0, 0.05) is 27.1 Å². The van der Waals surface area contributed by atoms with E-state index in [4.69, 9.17) is 15.0 Å². The predicted octanol–water partition coefficient (Wildman–Crippen LogP) is 14.2. The van der Waals surface area contributed by atoms with Crippen molar-refractivity contribution >= 4 is 72.4 Å². The minimum absolute atomic E-state index is 0.523. The van der Waals surface area contributed by atoms with Crippen LogP contribution in [-0.2, 0) is 0 Å². The van der Waals surface area contributed by atoms with Gasteiger partial charge in [-0.25, -0.2) is 0 Å². The van der Waals surface area contributed by atoms with Crippen LogP contribution in [0.1, 0.15) is 87.2 Å². The van der Waals surface area contributed by atoms with Crippen LogP contribution in [0.5, 0.6) is 0 Å². The molecule has 3 heterocycles. The zero-order chi connectivity index (χ0) is 50.3. The monoisotopic (exact) mass is 1010 g/mol. The molecule has 0 spiro atoms. The van der Waals surface area contributed by atoms with Crippen molar-refractivity contribution in [1.82, 2.24) is 24.1 Å². The summed E-state index contributed by atoms with van der Waals surface area (Å²) in [6.45, 7) is 0. The number of hydrogen-bond acceptors (Lipinski definition) is 3. The van der Waals surface area contributed by atoms with Crippen LogP contribution in [0.4, 0.5) is 0 Å². The topological polar surface area (TPSA) is 48.5 Å². The number of nitrogens with zero attached hydrogens (tertiary/aromatic N) is 5. The number of para-hydroxylation sites is 3. The molecule has 8 aromatic carbocycles. The minimum atomic E-state index is -2.92. The second kappa shape index (κ2) is 17.3. The van der Waals surface area contributed by atoms with E-state index in [0.717, 1.165) is 75.2 Å². The molecule has 19 rings (SSSR count). The molecule has 376 valence electrons. The molecule has 0 radical (unpaired) electrons. The lowest BCUT2D eigenvalue weighted by atomic mass is 9.49. The highest BCUT2D eigenvalue weighted by molar-refractivity contribution is 7.20. The van der Waals surface area contributed by atoms with Crippen LogP contribution in [0.25, 0.3) is 66.9 Å². The molecular formula is C71H63N5Si. The maximum absolute atomic E-state index is 6.07. The van der Waals surface area contributed by atoms with Gasteiger partial charge in [-0.1, -0.05) is 176 Å². The molecule has 0 amide bonds. The van der Waals surface area contributed by atoms with E-state index in [1.807, 2.05) is 0 Å². The molecule has 8 saturated carbocycles. The molecule has 11 aromatic rings. The third-order valence-corrected chi connectivity index (χ3v) is 25.6. The fraction of sp³-hybridized carbons (Fsp3) is 0.282. The van der Waals surface area contributed by atoms with Crippen molar-refractivity contribution in [3.05, 3.63) is 211 Å². The molecule has 3 aromatic heterocycles. The van der Waals surface area contributed by atoms with Gasteiger partial charge in [0.05, 0.1) is 22.1 Å². The summed E-state index contributed by atoms with van der Waals surface area (Å²) in [5, 5.41) is 10.2. The van der Waals surface area contributed by atoms with E-state index in [2.05, 4.69) is 209 Å². The Hall–Kier alpha value is -7.41. The fourth-order valence-corrected chi connectivity index (χ4v) is 23.3. The largest absolute Gasteiger partial charge is 0.278 e. The van der Waals surface area contributed by atoms with Crippen molar-refractivity contribution in [1.29, 1.82) is 0 Å². The zero-order valence-corrected chi connectivity index (χ0v) is 44.6. The molecule has 8 aliphatic rings. The average Bonchev–Trinajstić information content (AvgIpc) is 4.11. The normalized spacial score (nSPS) is 26.2. The summed E-state index contributed by atoms with van der Waals surface area (Å²) in [6, 6.07) is 75.6. The lowest BCUT2D eigenvalue weighted by molar-refractivity contribution is -0.00465. The molecule has 0 saturated heterocycles. The van der Waals surface area contributed by atoms with Crippen LogP contribution in [0.2, 0.25) is 0 Å². The highest BCUT2D eigenvalue weighted by Crippen LogP contribution is 2.64. The Bertz CT molecular complexity index is 3840. The minimum Gasteiger partial charge on any atom is -0.278 e. The van der Waals surface area contributed by atoms with Gasteiger partial charge in [0.2, 0.25) is 11.9 Å². The van der Waals surface area contributed by atoms with Crippen molar-refractivity contribution in [3.8, 4) is 23.3 Å². The second-order valence-electron chi connectivity index (χ2n) is 24.8. The molecular weight excluding hydrogens is 951 g/mol. The Morgan fingerprint density at radius 1 is 0.312 bits per heavy atom. The van der Waals surface area contributed by atoms with Crippen molar-refractivity contribution < 1.29 is 0 Å². The van der Waals surface area contributed by atoms with E-state index < -0.39 is 8.07 Å². The summed E-state index contributed by atoms with van der Waals surface area (Å²) in [4.78, 5) is 17.9. The molecule has 0 atom stereocenters. The van der Waals surface area contributed by atoms with E-state index in [1.54, 1.807) is 0 Å². The van der Waals surface area contributed by atoms with Crippen molar-refractivity contribution in [3.63, 3.8) is 0 Å². The van der Waals surface area contributed by atoms with Gasteiger partial charge in [-0.2, -0.15) is 15.0 Å². The lowest BCUT2D eigenvalue weighted by Gasteiger charge is -2.56. The zero-order valence-electron chi connectivity index (χ0n) is 43.6. The first-order valence-electron chi connectivity index (χ1n) is 29.2. The number of benzene rings is 8. The van der Waals surface area contributed by atoms with E-state index >= 15 is 0 Å². The molecule has 77 heavy (non-hydrogen) atoms. The van der Waals surface area contributed by atoms with Crippen molar-refractivity contribution in [2.75, 3.05) is 0 Å². The first kappa shape index (κ1) is 44.7. The number of aromatic nitrogens is 5. The summed E-state index contributed by atoms with van der Waals surface area (Å²) in [5.41, 5.74) is 8.85. The highest BCUT2D eigenvalue weighted by Gasteiger charge is 2.52. The maximum Gasteiger partial charge on any atom is 0.240 e. The standard InChI is InChI=1S/C71H63N5Si/c1-4-17-52(18-5-1)77(53-19-6-2-7-20-53,54-21-8-3-9-22-54)55-31-32-59-58-25-12-15-30-64(58)76(65(59)43-55)71-73-69(72-70(74-71)75-62-28-13-10-23-56(62)57-24-11-14-29-63(57)75)68-60(66-48-35-44-33-45(37-48)38-49(66)36-44)26-16-27-61(68)67-50-39-46-34-47(41-50)42-51(67)40-46/h1-32,43-51,66-67H,33-42H2. The van der Waals surface area contributed by atoms with Crippen LogP contribution < -0.4 is 20.7 Å². The van der Waals surface area contributed by atoms with Crippen LogP contribution in [-0.4, -0.2) is 32.2 Å². The van der Waals surface area contributed by atoms with Gasteiger partial charge in [0.25, 0.3) is 0 Å². The second-order valence-corrected chi connectivity index (χ2v) is 28.6. The van der Waals surface area contributed by atoms with E-state index in [1.165, 1.54) is 123 Å². The van der Waals surface area contributed by atoms with Gasteiger partial charge in [0.15, 0.2) is 13.9 Å². The van der Waals surface area contributed by atoms with Crippen LogP contribution in [0.15, 0.2) is 200 Å². The molecule has 0 aliphatic heterocycles. The van der Waals surface area contributed by atoms with Gasteiger partial charge < -0.3 is 0 Å². The Balaban J connectivity index is 0.973. The Kier molecular flexibility index (Phi) is 10.0. The quantitative estimate of drug-likeness (QED) is 0.107. The van der Waals surface area contributed by atoms with Crippen molar-refractivity contribution in [2.24, 2.45) is 47.3 Å². The summed E-state index contributed by atoms with van der Waals surface area (Å²) >= 11 is 0. The maximum atomic E-state index is 6.07. The molecule has 5 nitrogen and oxygen atoms in total. The number of rotatable bonds is 9. The van der Waals surface area contributed by atoms with Gasteiger partial charge in [-0.05, 0) is 180 Å². The molecule has 0 unspecified atom stereocenters. The third kappa shape index (κ3) is 6.73. The first-order valence-corrected chi connectivity index (χ1v) is 31.2. The van der Waals surface area contributed by atoms with Gasteiger partial charge in [-0.15, -0.1) is 0 Å². The summed E-state index contributed by atoms with van der Waals surface area (Å²) in [7, 11) is -2.92. The van der Waals surface area contributed by atoms with Crippen LogP contribution in [0.3, 0.4) is 0 Å². The van der Waals surface area contributed by atoms with Gasteiger partial charge in [-0.3, -0.25) is 9.13 Å². The summed E-state index contributed by atoms with van der Waals surface area (Å²) in [5.74, 6) is 9.70. The molecule has 8 bridgehead atoms. The Labute approximate surface area is 452 Å². The predicted molar refractivity (Wildman–Crippen MR) is 317 cm³/mol. The smallest absolute Gasteiger partial charge is 0.240 e. The lowest BCUT2D eigenvalue weighted by Crippen LogP contribution is -2.74. The highest BCUT2D eigenvalue weighted by atomic mass is 28.3. The third-order valence-electron chi connectivity index (χ3n) is 20.8. The molecule has 0 N–H and O–H groups in total. The Morgan fingerprint density at radius 3 is 1.09 bits per heavy atom. The van der Waals surface area contributed by atoms with E-state index in [0.29, 0.717) is 23.7 Å². The molecule has 8 fully saturated rings. The fourth-order valence-electron chi connectivity index (χ4n) is 18.6. The van der Waals surface area contributed by atoms with Gasteiger partial charge >= 0.3 is 0 Å². The molecule has 8 aliphatic carbocycles. The van der Waals surface area contributed by atoms with E-state index in [-0.39, 0.29) is 0 Å². The Morgan fingerprint density at radius 2 is 0.675 bits per heavy atom. The van der Waals surface area contributed by atoms with E-state index in [9.17, 15) is 0 Å². The van der Waals surface area contributed by atoms with Gasteiger partial charge in [0.1, 0.15) is 0 Å².